The van der Waals surface area contributed by atoms with E-state index in [-0.39, 0.29) is 51.3 Å². The van der Waals surface area contributed by atoms with Gasteiger partial charge in [-0.05, 0) is 83.5 Å². The number of pyridine rings is 2. The number of aryl methyl sites for hydroxylation is 4. The normalized spacial score (nSPS) is 14.2. The van der Waals surface area contributed by atoms with Crippen LogP contribution >= 0.6 is 15.9 Å². The van der Waals surface area contributed by atoms with Crippen molar-refractivity contribution in [2.24, 2.45) is 0 Å². The van der Waals surface area contributed by atoms with Gasteiger partial charge in [-0.15, -0.1) is 0 Å². The molecule has 6 aromatic rings. The summed E-state index contributed by atoms with van der Waals surface area (Å²) in [5.41, 5.74) is 2.76. The summed E-state index contributed by atoms with van der Waals surface area (Å²) in [6.45, 7) is 15.4. The molecule has 18 heteroatoms. The minimum absolute atomic E-state index is 0.118. The SMILES string of the molecule is COC(=O)Cc1c(F)cc2ncc(-c3c(C)noc3C)cc2c1F.COC(=O)Cc1c(F)cc2ncc(Br)cc2c1F.Cc1noc(C)c1B1OC(C)(C)C(C)(C)O1. The summed E-state index contributed by atoms with van der Waals surface area (Å²) in [4.78, 5) is 30.5. The summed E-state index contributed by atoms with van der Waals surface area (Å²) in [6, 6.07) is 5.24. The third-order valence-corrected chi connectivity index (χ3v) is 10.3. The van der Waals surface area contributed by atoms with Crippen LogP contribution in [0.5, 0.6) is 0 Å². The maximum atomic E-state index is 14.7. The Kier molecular flexibility index (Phi) is 13.1. The second-order valence-electron chi connectivity index (χ2n) is 14.3. The predicted molar refractivity (Wildman–Crippen MR) is 209 cm³/mol. The zero-order valence-corrected chi connectivity index (χ0v) is 35.0. The van der Waals surface area contributed by atoms with Gasteiger partial charge in [0.15, 0.2) is 0 Å². The van der Waals surface area contributed by atoms with Gasteiger partial charge in [0.1, 0.15) is 34.8 Å². The topological polar surface area (TPSA) is 149 Å². The van der Waals surface area contributed by atoms with Crippen LogP contribution in [0.2, 0.25) is 0 Å². The van der Waals surface area contributed by atoms with Crippen molar-refractivity contribution in [3.8, 4) is 11.1 Å². The van der Waals surface area contributed by atoms with Gasteiger partial charge in [0, 0.05) is 67.5 Å². The van der Waals surface area contributed by atoms with Gasteiger partial charge in [0.2, 0.25) is 0 Å². The molecule has 7 rings (SSSR count). The lowest BCUT2D eigenvalue weighted by molar-refractivity contribution is -0.140. The number of ether oxygens (including phenoxy) is 2. The van der Waals surface area contributed by atoms with Crippen LogP contribution in [-0.4, -0.2) is 64.8 Å². The van der Waals surface area contributed by atoms with E-state index in [0.29, 0.717) is 27.1 Å². The summed E-state index contributed by atoms with van der Waals surface area (Å²) in [6.07, 6.45) is 2.02. The summed E-state index contributed by atoms with van der Waals surface area (Å²) in [5, 5.41) is 8.06. The Morgan fingerprint density at radius 3 is 1.62 bits per heavy atom. The van der Waals surface area contributed by atoms with E-state index in [1.807, 2.05) is 41.5 Å². The molecule has 0 N–H and O–H groups in total. The van der Waals surface area contributed by atoms with Crippen molar-refractivity contribution >= 4 is 62.3 Å². The van der Waals surface area contributed by atoms with E-state index in [0.717, 1.165) is 43.3 Å². The summed E-state index contributed by atoms with van der Waals surface area (Å²) >= 11 is 3.16. The Morgan fingerprint density at radius 2 is 1.17 bits per heavy atom. The van der Waals surface area contributed by atoms with Gasteiger partial charge in [-0.1, -0.05) is 10.3 Å². The zero-order chi connectivity index (χ0) is 42.9. The van der Waals surface area contributed by atoms with E-state index >= 15 is 0 Å². The highest BCUT2D eigenvalue weighted by atomic mass is 79.9. The number of nitrogens with zero attached hydrogens (tertiary/aromatic N) is 4. The zero-order valence-electron chi connectivity index (χ0n) is 33.4. The number of aromatic nitrogens is 4. The number of halogens is 5. The molecule has 12 nitrogen and oxygen atoms in total. The Labute approximate surface area is 339 Å². The number of benzene rings is 2. The van der Waals surface area contributed by atoms with Gasteiger partial charge in [0.05, 0.1) is 60.7 Å². The van der Waals surface area contributed by atoms with Gasteiger partial charge in [0.25, 0.3) is 0 Å². The van der Waals surface area contributed by atoms with Crippen molar-refractivity contribution in [3.63, 3.8) is 0 Å². The second-order valence-corrected chi connectivity index (χ2v) is 15.3. The quantitative estimate of drug-likeness (QED) is 0.0905. The molecule has 0 saturated carbocycles. The molecule has 2 aromatic carbocycles. The standard InChI is InChI=1S/C17H14F2N2O3.C12H8BrF2NO2.C11H18BNO3/c1-8-16(9(2)24-21-8)10-4-12-14(20-7-10)6-13(18)11(17(12)19)5-15(22)23-3;1-18-11(17)3-7-9(14)4-10-8(12(7)15)2-6(13)5-16-10;1-7-9(8(2)14-13-7)12-15-10(3,4)11(5,6)16-12/h4,6-7H,5H2,1-3H3;2,4-5H,3H2,1H3;1-6H3. The molecule has 0 unspecified atom stereocenters. The van der Waals surface area contributed by atoms with Crippen LogP contribution in [0, 0.1) is 51.0 Å². The molecule has 1 aliphatic rings. The van der Waals surface area contributed by atoms with Crippen LogP contribution in [0.4, 0.5) is 17.6 Å². The van der Waals surface area contributed by atoms with Crippen LogP contribution < -0.4 is 5.46 Å². The van der Waals surface area contributed by atoms with Crippen molar-refractivity contribution in [3.05, 3.63) is 98.4 Å². The smallest absolute Gasteiger partial charge is 0.469 e. The molecule has 0 radical (unpaired) electrons. The fraction of sp³-hybridized carbons (Fsp3) is 0.350. The Balaban J connectivity index is 0.000000170. The number of fused-ring (bicyclic) bond motifs is 2. The molecule has 0 atom stereocenters. The number of methoxy groups -OCH3 is 2. The van der Waals surface area contributed by atoms with Crippen LogP contribution in [0.25, 0.3) is 32.9 Å². The maximum absolute atomic E-state index is 14.7. The van der Waals surface area contributed by atoms with Crippen molar-refractivity contribution < 1.29 is 55.0 Å². The van der Waals surface area contributed by atoms with Gasteiger partial charge < -0.3 is 27.8 Å². The lowest BCUT2D eigenvalue weighted by Crippen LogP contribution is -2.41. The van der Waals surface area contributed by atoms with Gasteiger partial charge in [-0.2, -0.15) is 0 Å². The lowest BCUT2D eigenvalue weighted by atomic mass is 9.77. The lowest BCUT2D eigenvalue weighted by Gasteiger charge is -2.32. The van der Waals surface area contributed by atoms with Crippen LogP contribution in [-0.2, 0) is 41.2 Å². The molecule has 0 amide bonds. The van der Waals surface area contributed by atoms with Crippen LogP contribution in [0.1, 0.15) is 61.7 Å². The first-order chi connectivity index (χ1) is 27.2. The molecule has 5 heterocycles. The van der Waals surface area contributed by atoms with E-state index in [1.54, 1.807) is 19.9 Å². The van der Waals surface area contributed by atoms with E-state index < -0.39 is 48.0 Å². The first-order valence-electron chi connectivity index (χ1n) is 17.7. The van der Waals surface area contributed by atoms with Crippen LogP contribution in [0.3, 0.4) is 0 Å². The minimum atomic E-state index is -0.831. The Hall–Kier alpha value is -5.20. The fourth-order valence-electron chi connectivity index (χ4n) is 6.03. The molecule has 1 aliphatic heterocycles. The first-order valence-corrected chi connectivity index (χ1v) is 18.5. The van der Waals surface area contributed by atoms with Gasteiger partial charge in [-0.25, -0.2) is 17.6 Å². The highest BCUT2D eigenvalue weighted by molar-refractivity contribution is 9.10. The van der Waals surface area contributed by atoms with Gasteiger partial charge >= 0.3 is 19.1 Å². The van der Waals surface area contributed by atoms with Crippen molar-refractivity contribution in [2.45, 2.75) is 79.4 Å². The molecule has 4 aromatic heterocycles. The Morgan fingerprint density at radius 1 is 0.707 bits per heavy atom. The molecule has 306 valence electrons. The minimum Gasteiger partial charge on any atom is -0.469 e. The predicted octanol–water partition coefficient (Wildman–Crippen LogP) is 8.08. The molecule has 58 heavy (non-hydrogen) atoms. The number of esters is 2. The number of carbonyl (C=O) groups excluding carboxylic acids is 2. The number of hydrogen-bond donors (Lipinski definition) is 0. The largest absolute Gasteiger partial charge is 0.500 e. The van der Waals surface area contributed by atoms with Crippen LogP contribution in [0.15, 0.2) is 50.2 Å². The molecule has 1 saturated heterocycles. The third kappa shape index (κ3) is 9.08. The van der Waals surface area contributed by atoms with Crippen molar-refractivity contribution in [1.82, 2.24) is 20.3 Å². The molecule has 0 spiro atoms. The molecule has 0 bridgehead atoms. The highest BCUT2D eigenvalue weighted by Crippen LogP contribution is 2.37. The van der Waals surface area contributed by atoms with E-state index in [4.69, 9.17) is 18.4 Å². The molecule has 1 fully saturated rings. The van der Waals surface area contributed by atoms with E-state index in [1.165, 1.54) is 18.5 Å². The number of hydrogen-bond acceptors (Lipinski definition) is 12. The number of carbonyl (C=O) groups is 2. The van der Waals surface area contributed by atoms with E-state index in [2.05, 4.69) is 45.7 Å². The molecule has 0 aliphatic carbocycles. The average molecular weight is 871 g/mol. The highest BCUT2D eigenvalue weighted by Gasteiger charge is 2.53. The second kappa shape index (κ2) is 17.3. The Bertz CT molecular complexity index is 2470. The monoisotopic (exact) mass is 870 g/mol. The number of rotatable bonds is 6. The summed E-state index contributed by atoms with van der Waals surface area (Å²) in [5.74, 6) is -3.33. The maximum Gasteiger partial charge on any atom is 0.500 e. The van der Waals surface area contributed by atoms with Crippen molar-refractivity contribution in [1.29, 1.82) is 0 Å². The third-order valence-electron chi connectivity index (χ3n) is 9.91. The molecular weight excluding hydrogens is 831 g/mol. The van der Waals surface area contributed by atoms with Gasteiger partial charge in [-0.3, -0.25) is 19.6 Å². The summed E-state index contributed by atoms with van der Waals surface area (Å²) in [7, 11) is 1.95. The summed E-state index contributed by atoms with van der Waals surface area (Å²) < 4.78 is 88.2. The molecular formula is C40H40BBrF4N4O8. The first kappa shape index (κ1) is 43.9. The van der Waals surface area contributed by atoms with E-state index in [9.17, 15) is 27.2 Å². The fourth-order valence-corrected chi connectivity index (χ4v) is 6.36. The van der Waals surface area contributed by atoms with Crippen molar-refractivity contribution in [2.75, 3.05) is 14.2 Å². The average Bonchev–Trinajstić information content (AvgIpc) is 3.76.